The van der Waals surface area contributed by atoms with Crippen molar-refractivity contribution >= 4 is 0 Å². The molecule has 0 nitrogen and oxygen atoms in total. The summed E-state index contributed by atoms with van der Waals surface area (Å²) in [5, 5.41) is 0. The summed E-state index contributed by atoms with van der Waals surface area (Å²) in [6.45, 7) is 15.5. The summed E-state index contributed by atoms with van der Waals surface area (Å²) in [6.07, 6.45) is 20.5. The van der Waals surface area contributed by atoms with Gasteiger partial charge in [0, 0.05) is 0 Å². The zero-order valence-corrected chi connectivity index (χ0v) is 21.5. The largest absolute Gasteiger partial charge is 0.242 e. The number of halogens is 2. The molecule has 3 rings (SSSR count). The fourth-order valence-corrected chi connectivity index (χ4v) is 3.34. The van der Waals surface area contributed by atoms with Crippen molar-refractivity contribution in [1.82, 2.24) is 0 Å². The Kier molecular flexibility index (Phi) is 21.2. The lowest BCUT2D eigenvalue weighted by molar-refractivity contribution is 0.0437. The van der Waals surface area contributed by atoms with Crippen LogP contribution in [0, 0.1) is 23.7 Å². The summed E-state index contributed by atoms with van der Waals surface area (Å²) in [6, 6.07) is 0. The van der Waals surface area contributed by atoms with Gasteiger partial charge in [-0.25, -0.2) is 8.78 Å². The van der Waals surface area contributed by atoms with Crippen LogP contribution >= 0.6 is 0 Å². The van der Waals surface area contributed by atoms with E-state index in [1.54, 1.807) is 0 Å². The highest BCUT2D eigenvalue weighted by Gasteiger charge is 2.09. The summed E-state index contributed by atoms with van der Waals surface area (Å²) in [4.78, 5) is 0. The van der Waals surface area contributed by atoms with Crippen LogP contribution in [-0.2, 0) is 0 Å². The second-order valence-corrected chi connectivity index (χ2v) is 10.4. The minimum atomic E-state index is -2.50. The summed E-state index contributed by atoms with van der Waals surface area (Å²) >= 11 is 0. The molecule has 178 valence electrons. The highest BCUT2D eigenvalue weighted by Crippen LogP contribution is 2.24. The molecule has 0 aromatic rings. The van der Waals surface area contributed by atoms with Gasteiger partial charge in [0.15, 0.2) is 0 Å². The first kappa shape index (κ1) is 31.0. The third-order valence-corrected chi connectivity index (χ3v) is 6.33. The summed E-state index contributed by atoms with van der Waals surface area (Å²) in [5.74, 6) is 1.58. The Hall–Kier alpha value is -0.140. The van der Waals surface area contributed by atoms with Crippen molar-refractivity contribution in [1.29, 1.82) is 0 Å². The maximum Gasteiger partial charge on any atom is 0.242 e. The van der Waals surface area contributed by atoms with E-state index >= 15 is 0 Å². The van der Waals surface area contributed by atoms with Crippen molar-refractivity contribution < 1.29 is 8.78 Å². The van der Waals surface area contributed by atoms with Crippen molar-refractivity contribution in [2.75, 3.05) is 0 Å². The predicted molar refractivity (Wildman–Crippen MR) is 129 cm³/mol. The summed E-state index contributed by atoms with van der Waals surface area (Å²) in [7, 11) is 0. The minimum absolute atomic E-state index is 0.854. The Labute approximate surface area is 184 Å². The molecular weight excluding hydrogens is 362 g/mol. The Bertz CT molecular complexity index is 295. The van der Waals surface area contributed by atoms with Gasteiger partial charge in [-0.3, -0.25) is 0 Å². The predicted octanol–water partition coefficient (Wildman–Crippen LogP) is 10.7. The van der Waals surface area contributed by atoms with Crippen LogP contribution in [0.2, 0.25) is 0 Å². The molecule has 0 heterocycles. The van der Waals surface area contributed by atoms with Crippen LogP contribution in [0.15, 0.2) is 0 Å². The molecule has 0 N–H and O–H groups in total. The number of alkyl halides is 2. The molecule has 0 atom stereocenters. The van der Waals surface area contributed by atoms with Gasteiger partial charge in [0.05, 0.1) is 0 Å². The molecule has 0 radical (unpaired) electrons. The van der Waals surface area contributed by atoms with Gasteiger partial charge < -0.3 is 0 Å². The van der Waals surface area contributed by atoms with E-state index in [0.29, 0.717) is 0 Å². The second-order valence-electron chi connectivity index (χ2n) is 10.4. The lowest BCUT2D eigenvalue weighted by atomic mass is 9.88. The van der Waals surface area contributed by atoms with E-state index < -0.39 is 5.92 Å². The van der Waals surface area contributed by atoms with Gasteiger partial charge in [0.25, 0.3) is 0 Å². The van der Waals surface area contributed by atoms with Crippen molar-refractivity contribution in [2.24, 2.45) is 23.7 Å². The topological polar surface area (TPSA) is 0 Å². The van der Waals surface area contributed by atoms with Gasteiger partial charge in [0.1, 0.15) is 0 Å². The van der Waals surface area contributed by atoms with Crippen LogP contribution in [0.5, 0.6) is 0 Å². The van der Waals surface area contributed by atoms with Crippen molar-refractivity contribution in [3.05, 3.63) is 0 Å². The minimum Gasteiger partial charge on any atom is -0.208 e. The van der Waals surface area contributed by atoms with Gasteiger partial charge in [-0.2, -0.15) is 0 Å². The monoisotopic (exact) mass is 418 g/mol. The Balaban J connectivity index is 0. The Morgan fingerprint density at radius 3 is 0.931 bits per heavy atom. The third kappa shape index (κ3) is 30.1. The molecule has 2 heteroatoms. The molecule has 3 aliphatic rings. The van der Waals surface area contributed by atoms with E-state index in [1.165, 1.54) is 89.9 Å². The summed E-state index contributed by atoms with van der Waals surface area (Å²) in [5.41, 5.74) is 0. The highest BCUT2D eigenvalue weighted by molar-refractivity contribution is 4.62. The Morgan fingerprint density at radius 1 is 0.621 bits per heavy atom. The smallest absolute Gasteiger partial charge is 0.208 e. The van der Waals surface area contributed by atoms with Gasteiger partial charge in [-0.05, 0) is 37.5 Å². The second kappa shape index (κ2) is 19.8. The van der Waals surface area contributed by atoms with Crippen LogP contribution in [0.25, 0.3) is 0 Å². The maximum atomic E-state index is 11.0. The van der Waals surface area contributed by atoms with Gasteiger partial charge in [-0.15, -0.1) is 0 Å². The average Bonchev–Trinajstić information content (AvgIpc) is 3.11. The van der Waals surface area contributed by atoms with Crippen molar-refractivity contribution in [3.8, 4) is 0 Å². The fraction of sp³-hybridized carbons (Fsp3) is 1.00. The first-order chi connectivity index (χ1) is 13.5. The van der Waals surface area contributed by atoms with Crippen LogP contribution < -0.4 is 0 Å². The normalized spacial score (nSPS) is 20.0. The SMILES string of the molecule is CC(C)(F)F.CC1CCC1.CC1CCCC1.CC1CCCCC1.CCC(C)CC. The molecule has 0 saturated heterocycles. The lowest BCUT2D eigenvalue weighted by Gasteiger charge is -2.18. The number of hydrogen-bond donors (Lipinski definition) is 0. The lowest BCUT2D eigenvalue weighted by Crippen LogP contribution is -2.04. The van der Waals surface area contributed by atoms with Gasteiger partial charge in [0.2, 0.25) is 5.92 Å². The molecule has 0 aromatic carbocycles. The standard InChI is InChI=1S/C7H14.C6H12.C6H14.C5H10.C3H6F2/c1-7-5-3-2-4-6-7;1-6-4-2-3-5-6;1-4-6(3)5-2;1-5-3-2-4-5;1-3(2,4)5/h7H,2-6H2,1H3;6H,2-5H2,1H3;6H,4-5H2,1-3H3;5H,2-4H2,1H3;1-2H3. The zero-order valence-electron chi connectivity index (χ0n) is 21.5. The van der Waals surface area contributed by atoms with Gasteiger partial charge >= 0.3 is 0 Å². The van der Waals surface area contributed by atoms with E-state index in [-0.39, 0.29) is 0 Å². The average molecular weight is 419 g/mol. The quantitative estimate of drug-likeness (QED) is 0.418. The van der Waals surface area contributed by atoms with Crippen LogP contribution in [0.1, 0.15) is 145 Å². The van der Waals surface area contributed by atoms with Crippen LogP contribution in [-0.4, -0.2) is 5.92 Å². The third-order valence-electron chi connectivity index (χ3n) is 6.33. The molecule has 0 unspecified atom stereocenters. The van der Waals surface area contributed by atoms with Gasteiger partial charge in [-0.1, -0.05) is 131 Å². The van der Waals surface area contributed by atoms with Crippen LogP contribution in [0.4, 0.5) is 8.78 Å². The molecule has 3 fully saturated rings. The molecule has 0 spiro atoms. The molecule has 0 amide bonds. The molecule has 0 bridgehead atoms. The molecule has 29 heavy (non-hydrogen) atoms. The number of hydrogen-bond acceptors (Lipinski definition) is 0. The summed E-state index contributed by atoms with van der Waals surface area (Å²) < 4.78 is 22.0. The first-order valence-electron chi connectivity index (χ1n) is 12.9. The Morgan fingerprint density at radius 2 is 0.862 bits per heavy atom. The van der Waals surface area contributed by atoms with E-state index in [1.807, 2.05) is 0 Å². The first-order valence-corrected chi connectivity index (χ1v) is 12.9. The van der Waals surface area contributed by atoms with E-state index in [9.17, 15) is 8.78 Å². The molecule has 3 saturated carbocycles. The van der Waals surface area contributed by atoms with Crippen molar-refractivity contribution in [3.63, 3.8) is 0 Å². The van der Waals surface area contributed by atoms with Crippen molar-refractivity contribution in [2.45, 2.75) is 151 Å². The zero-order chi connectivity index (χ0) is 22.7. The van der Waals surface area contributed by atoms with Crippen LogP contribution in [0.3, 0.4) is 0 Å². The number of rotatable bonds is 2. The molecular formula is C27H56F2. The fourth-order valence-electron chi connectivity index (χ4n) is 3.34. The molecule has 0 aromatic heterocycles. The van der Waals surface area contributed by atoms with E-state index in [4.69, 9.17) is 0 Å². The highest BCUT2D eigenvalue weighted by atomic mass is 19.3. The molecule has 0 aliphatic heterocycles. The molecule has 3 aliphatic carbocycles. The van der Waals surface area contributed by atoms with E-state index in [2.05, 4.69) is 41.5 Å². The maximum absolute atomic E-state index is 11.0. The van der Waals surface area contributed by atoms with E-state index in [0.717, 1.165) is 37.5 Å².